The molecule has 6 heteroatoms. The lowest BCUT2D eigenvalue weighted by Gasteiger charge is -2.23. The lowest BCUT2D eigenvalue weighted by Crippen LogP contribution is -2.21. The lowest BCUT2D eigenvalue weighted by molar-refractivity contribution is 0.354. The highest BCUT2D eigenvalue weighted by Gasteiger charge is 2.25. The zero-order valence-electron chi connectivity index (χ0n) is 11.7. The molecule has 1 aliphatic rings. The van der Waals surface area contributed by atoms with E-state index in [9.17, 15) is 0 Å². The molecule has 3 heterocycles. The Morgan fingerprint density at radius 1 is 1.33 bits per heavy atom. The van der Waals surface area contributed by atoms with Gasteiger partial charge in [0.2, 0.25) is 11.7 Å². The first kappa shape index (κ1) is 12.1. The van der Waals surface area contributed by atoms with Crippen molar-refractivity contribution in [3.05, 3.63) is 48.2 Å². The Morgan fingerprint density at radius 3 is 3.10 bits per heavy atom. The first-order valence-corrected chi connectivity index (χ1v) is 6.93. The third-order valence-corrected chi connectivity index (χ3v) is 3.86. The summed E-state index contributed by atoms with van der Waals surface area (Å²) in [7, 11) is 1.91. The molecule has 0 bridgehead atoms. The van der Waals surface area contributed by atoms with Crippen molar-refractivity contribution in [2.45, 2.75) is 12.3 Å². The predicted octanol–water partition coefficient (Wildman–Crippen LogP) is 2.22. The van der Waals surface area contributed by atoms with Crippen molar-refractivity contribution in [2.75, 3.05) is 11.9 Å². The number of rotatable bonds is 2. The second kappa shape index (κ2) is 4.73. The molecule has 2 aromatic heterocycles. The van der Waals surface area contributed by atoms with E-state index in [2.05, 4.69) is 38.6 Å². The highest BCUT2D eigenvalue weighted by Crippen LogP contribution is 2.30. The van der Waals surface area contributed by atoms with Gasteiger partial charge >= 0.3 is 0 Å². The molecule has 0 saturated carbocycles. The van der Waals surface area contributed by atoms with Crippen LogP contribution in [0.1, 0.15) is 17.4 Å². The number of hydrogen-bond acceptors (Lipinski definition) is 5. The van der Waals surface area contributed by atoms with Gasteiger partial charge in [0.1, 0.15) is 5.69 Å². The van der Waals surface area contributed by atoms with Gasteiger partial charge in [-0.1, -0.05) is 23.4 Å². The molecule has 6 nitrogen and oxygen atoms in total. The maximum atomic E-state index is 5.46. The van der Waals surface area contributed by atoms with E-state index in [-0.39, 0.29) is 5.92 Å². The van der Waals surface area contributed by atoms with Crippen LogP contribution in [-0.2, 0) is 13.5 Å². The largest absolute Gasteiger partial charge is 0.384 e. The fourth-order valence-electron chi connectivity index (χ4n) is 2.69. The van der Waals surface area contributed by atoms with E-state index in [1.54, 1.807) is 12.5 Å². The molecule has 1 atom stereocenters. The van der Waals surface area contributed by atoms with Crippen LogP contribution in [0, 0.1) is 0 Å². The normalized spacial score (nSPS) is 17.3. The van der Waals surface area contributed by atoms with Gasteiger partial charge in [-0.3, -0.25) is 0 Å². The summed E-state index contributed by atoms with van der Waals surface area (Å²) in [6, 6.07) is 8.32. The summed E-state index contributed by atoms with van der Waals surface area (Å²) >= 11 is 0. The Kier molecular flexibility index (Phi) is 2.73. The molecule has 0 radical (unpaired) electrons. The first-order valence-electron chi connectivity index (χ1n) is 6.93. The number of hydrogen-bond donors (Lipinski definition) is 1. The van der Waals surface area contributed by atoms with Crippen LogP contribution in [0.3, 0.4) is 0 Å². The first-order chi connectivity index (χ1) is 10.3. The Hall–Kier alpha value is -2.63. The Balaban J connectivity index is 1.61. The summed E-state index contributed by atoms with van der Waals surface area (Å²) in [6.45, 7) is 0.810. The smallest absolute Gasteiger partial charge is 0.232 e. The molecular weight excluding hydrogens is 266 g/mol. The van der Waals surface area contributed by atoms with Crippen LogP contribution in [0.2, 0.25) is 0 Å². The van der Waals surface area contributed by atoms with E-state index >= 15 is 0 Å². The quantitative estimate of drug-likeness (QED) is 0.780. The molecule has 106 valence electrons. The van der Waals surface area contributed by atoms with Crippen LogP contribution < -0.4 is 5.32 Å². The minimum Gasteiger partial charge on any atom is -0.384 e. The van der Waals surface area contributed by atoms with E-state index < -0.39 is 0 Å². The Bertz CT molecular complexity index is 776. The molecular formula is C15H15N5O. The van der Waals surface area contributed by atoms with Crippen molar-refractivity contribution in [3.8, 4) is 11.5 Å². The molecule has 1 unspecified atom stereocenters. The van der Waals surface area contributed by atoms with Crippen LogP contribution in [0.4, 0.5) is 5.69 Å². The van der Waals surface area contributed by atoms with E-state index in [1.165, 1.54) is 11.3 Å². The monoisotopic (exact) mass is 281 g/mol. The zero-order chi connectivity index (χ0) is 14.2. The summed E-state index contributed by atoms with van der Waals surface area (Å²) in [4.78, 5) is 8.61. The van der Waals surface area contributed by atoms with Gasteiger partial charge in [0, 0.05) is 19.3 Å². The molecule has 0 amide bonds. The molecule has 4 rings (SSSR count). The van der Waals surface area contributed by atoms with Crippen LogP contribution in [-0.4, -0.2) is 26.2 Å². The minimum atomic E-state index is 0.203. The summed E-state index contributed by atoms with van der Waals surface area (Å²) in [5, 5.41) is 7.50. The van der Waals surface area contributed by atoms with E-state index in [4.69, 9.17) is 4.52 Å². The number of nitrogens with one attached hydrogen (secondary N) is 1. The SMILES string of the molecule is Cn1cncc1-c1noc(C2CNc3ccccc3C2)n1. The third kappa shape index (κ3) is 2.08. The maximum Gasteiger partial charge on any atom is 0.232 e. The topological polar surface area (TPSA) is 68.8 Å². The van der Waals surface area contributed by atoms with Crippen molar-refractivity contribution in [2.24, 2.45) is 7.05 Å². The molecule has 21 heavy (non-hydrogen) atoms. The number of aryl methyl sites for hydroxylation is 1. The number of anilines is 1. The van der Waals surface area contributed by atoms with Gasteiger partial charge in [0.05, 0.1) is 18.4 Å². The average molecular weight is 281 g/mol. The van der Waals surface area contributed by atoms with Gasteiger partial charge in [-0.25, -0.2) is 4.98 Å². The Morgan fingerprint density at radius 2 is 2.24 bits per heavy atom. The molecule has 0 saturated heterocycles. The summed E-state index contributed by atoms with van der Waals surface area (Å²) in [5.41, 5.74) is 3.34. The van der Waals surface area contributed by atoms with Crippen molar-refractivity contribution >= 4 is 5.69 Å². The van der Waals surface area contributed by atoms with Gasteiger partial charge in [-0.2, -0.15) is 4.98 Å². The molecule has 1 aromatic carbocycles. The average Bonchev–Trinajstić information content (AvgIpc) is 3.15. The van der Waals surface area contributed by atoms with Crippen molar-refractivity contribution in [1.82, 2.24) is 19.7 Å². The zero-order valence-corrected chi connectivity index (χ0v) is 11.7. The molecule has 1 aliphatic heterocycles. The summed E-state index contributed by atoms with van der Waals surface area (Å²) in [5.74, 6) is 1.46. The number of para-hydroxylation sites is 1. The van der Waals surface area contributed by atoms with Crippen molar-refractivity contribution < 1.29 is 4.52 Å². The third-order valence-electron chi connectivity index (χ3n) is 3.86. The van der Waals surface area contributed by atoms with E-state index in [1.807, 2.05) is 17.7 Å². The Labute approximate surface area is 121 Å². The summed E-state index contributed by atoms with van der Waals surface area (Å²) in [6.07, 6.45) is 4.38. The second-order valence-electron chi connectivity index (χ2n) is 5.29. The van der Waals surface area contributed by atoms with Gasteiger partial charge < -0.3 is 14.4 Å². The van der Waals surface area contributed by atoms with Gasteiger partial charge in [0.25, 0.3) is 0 Å². The molecule has 1 N–H and O–H groups in total. The van der Waals surface area contributed by atoms with E-state index in [0.29, 0.717) is 11.7 Å². The van der Waals surface area contributed by atoms with Crippen molar-refractivity contribution in [1.29, 1.82) is 0 Å². The number of fused-ring (bicyclic) bond motifs is 1. The van der Waals surface area contributed by atoms with Gasteiger partial charge in [-0.15, -0.1) is 0 Å². The molecule has 0 fully saturated rings. The van der Waals surface area contributed by atoms with E-state index in [0.717, 1.165) is 18.7 Å². The standard InChI is InChI=1S/C15H15N5O/c1-20-9-16-8-13(20)14-18-15(21-19-14)11-6-10-4-2-3-5-12(10)17-7-11/h2-5,8-9,11,17H,6-7H2,1H3. The predicted molar refractivity (Wildman–Crippen MR) is 77.9 cm³/mol. The number of aromatic nitrogens is 4. The molecule has 3 aromatic rings. The van der Waals surface area contributed by atoms with Gasteiger partial charge in [-0.05, 0) is 18.1 Å². The lowest BCUT2D eigenvalue weighted by atomic mass is 9.94. The number of benzene rings is 1. The highest BCUT2D eigenvalue weighted by atomic mass is 16.5. The highest BCUT2D eigenvalue weighted by molar-refractivity contribution is 5.54. The minimum absolute atomic E-state index is 0.203. The maximum absolute atomic E-state index is 5.46. The fourth-order valence-corrected chi connectivity index (χ4v) is 2.69. The van der Waals surface area contributed by atoms with Crippen LogP contribution in [0.15, 0.2) is 41.3 Å². The van der Waals surface area contributed by atoms with Crippen LogP contribution in [0.5, 0.6) is 0 Å². The van der Waals surface area contributed by atoms with Crippen LogP contribution in [0.25, 0.3) is 11.5 Å². The number of imidazole rings is 1. The molecule has 0 aliphatic carbocycles. The fraction of sp³-hybridized carbons (Fsp3) is 0.267. The van der Waals surface area contributed by atoms with Crippen LogP contribution >= 0.6 is 0 Å². The van der Waals surface area contributed by atoms with Crippen molar-refractivity contribution in [3.63, 3.8) is 0 Å². The van der Waals surface area contributed by atoms with Gasteiger partial charge in [0.15, 0.2) is 0 Å². The number of nitrogens with zero attached hydrogens (tertiary/aromatic N) is 4. The summed E-state index contributed by atoms with van der Waals surface area (Å²) < 4.78 is 7.33. The second-order valence-corrected chi connectivity index (χ2v) is 5.29. The molecule has 0 spiro atoms.